The molecule has 7 heteroatoms. The van der Waals surface area contributed by atoms with E-state index >= 15 is 0 Å². The first-order chi connectivity index (χ1) is 9.20. The van der Waals surface area contributed by atoms with E-state index in [1.807, 2.05) is 0 Å². The molecular weight excluding hydrogens is 248 g/mol. The van der Waals surface area contributed by atoms with Crippen LogP contribution in [0, 0.1) is 10.1 Å². The quantitative estimate of drug-likeness (QED) is 0.485. The van der Waals surface area contributed by atoms with Gasteiger partial charge in [0.25, 0.3) is 5.69 Å². The fourth-order valence-corrected chi connectivity index (χ4v) is 1.42. The molecular formula is C12H10N4O3. The van der Waals surface area contributed by atoms with Crippen molar-refractivity contribution >= 4 is 23.5 Å². The van der Waals surface area contributed by atoms with Gasteiger partial charge in [0.1, 0.15) is 0 Å². The van der Waals surface area contributed by atoms with Crippen molar-refractivity contribution in [1.29, 1.82) is 0 Å². The van der Waals surface area contributed by atoms with Crippen LogP contribution in [0.4, 0.5) is 17.2 Å². The lowest BCUT2D eigenvalue weighted by Crippen LogP contribution is -2.11. The summed E-state index contributed by atoms with van der Waals surface area (Å²) in [5.41, 5.74) is 6.62. The highest BCUT2D eigenvalue weighted by atomic mass is 16.6. The molecule has 7 nitrogen and oxygen atoms in total. The number of nitrogens with one attached hydrogen (secondary N) is 2. The molecule has 2 rings (SSSR count). The van der Waals surface area contributed by atoms with Gasteiger partial charge in [-0.05, 0) is 24.3 Å². The number of carbonyl (C=O) groups excluding carboxylic acids is 1. The number of non-ortho nitro benzene ring substituents is 1. The number of hydrogen-bond acceptors (Lipinski definition) is 6. The Morgan fingerprint density at radius 1 is 1.16 bits per heavy atom. The Labute approximate surface area is 108 Å². The molecule has 0 bridgehead atoms. The van der Waals surface area contributed by atoms with E-state index < -0.39 is 4.92 Å². The average molecular weight is 258 g/mol. The number of nitrogens with zero attached hydrogens (tertiary/aromatic N) is 2. The van der Waals surface area contributed by atoms with Gasteiger partial charge < -0.3 is 0 Å². The molecule has 0 saturated carbocycles. The first-order valence-corrected chi connectivity index (χ1v) is 5.37. The molecule has 0 atom stereocenters. The van der Waals surface area contributed by atoms with Gasteiger partial charge in [0, 0.05) is 18.3 Å². The van der Waals surface area contributed by atoms with E-state index in [-0.39, 0.29) is 5.69 Å². The average Bonchev–Trinajstić information content (AvgIpc) is 2.45. The van der Waals surface area contributed by atoms with Crippen molar-refractivity contribution < 1.29 is 9.72 Å². The number of nitro groups is 1. The van der Waals surface area contributed by atoms with Crippen molar-refractivity contribution in [2.75, 3.05) is 10.9 Å². The molecule has 0 spiro atoms. The highest BCUT2D eigenvalue weighted by molar-refractivity contribution is 5.82. The van der Waals surface area contributed by atoms with Crippen LogP contribution in [0.2, 0.25) is 0 Å². The minimum absolute atomic E-state index is 0.0111. The summed E-state index contributed by atoms with van der Waals surface area (Å²) < 4.78 is 0. The summed E-state index contributed by atoms with van der Waals surface area (Å²) in [6, 6.07) is 9.14. The van der Waals surface area contributed by atoms with Crippen molar-refractivity contribution in [1.82, 2.24) is 4.98 Å². The fraction of sp³-hybridized carbons (Fsp3) is 0. The Morgan fingerprint density at radius 2 is 1.89 bits per heavy atom. The molecule has 0 amide bonds. The van der Waals surface area contributed by atoms with Gasteiger partial charge in [-0.25, -0.2) is 4.98 Å². The molecule has 0 aliphatic carbocycles. The van der Waals surface area contributed by atoms with Crippen LogP contribution in [0.25, 0.3) is 0 Å². The summed E-state index contributed by atoms with van der Waals surface area (Å²) in [6.07, 6.45) is 2.24. The Balaban J connectivity index is 2.06. The predicted octanol–water partition coefficient (Wildman–Crippen LogP) is 2.24. The number of aromatic nitrogens is 1. The summed E-state index contributed by atoms with van der Waals surface area (Å²) in [4.78, 5) is 24.8. The monoisotopic (exact) mass is 258 g/mol. The second-order valence-corrected chi connectivity index (χ2v) is 3.61. The van der Waals surface area contributed by atoms with Gasteiger partial charge in [0.15, 0.2) is 12.1 Å². The van der Waals surface area contributed by atoms with Crippen LogP contribution in [0.5, 0.6) is 0 Å². The molecule has 0 fully saturated rings. The maximum absolute atomic E-state index is 10.8. The van der Waals surface area contributed by atoms with Gasteiger partial charge in [-0.1, -0.05) is 0 Å². The van der Waals surface area contributed by atoms with Gasteiger partial charge in [0.2, 0.25) is 0 Å². The lowest BCUT2D eigenvalue weighted by Gasteiger charge is -2.09. The second kappa shape index (κ2) is 5.58. The van der Waals surface area contributed by atoms with Crippen molar-refractivity contribution in [3.63, 3.8) is 0 Å². The summed E-state index contributed by atoms with van der Waals surface area (Å²) in [5.74, 6) is 0.385. The lowest BCUT2D eigenvalue weighted by atomic mass is 10.3. The molecule has 1 aromatic carbocycles. The number of carbonyl (C=O) groups is 1. The Morgan fingerprint density at radius 3 is 2.53 bits per heavy atom. The molecule has 0 radical (unpaired) electrons. The molecule has 0 aliphatic heterocycles. The highest BCUT2D eigenvalue weighted by Gasteiger charge is 2.04. The van der Waals surface area contributed by atoms with Gasteiger partial charge in [-0.15, -0.1) is 0 Å². The minimum Gasteiger partial charge on any atom is -0.300 e. The van der Waals surface area contributed by atoms with Crippen LogP contribution < -0.4 is 10.9 Å². The zero-order chi connectivity index (χ0) is 13.7. The summed E-state index contributed by atoms with van der Waals surface area (Å²) in [7, 11) is 0. The molecule has 0 saturated heterocycles. The van der Waals surface area contributed by atoms with Gasteiger partial charge in [-0.2, -0.15) is 0 Å². The van der Waals surface area contributed by atoms with E-state index in [1.54, 1.807) is 30.5 Å². The number of aldehydes is 1. The first kappa shape index (κ1) is 12.5. The normalized spacial score (nSPS) is 9.68. The largest absolute Gasteiger partial charge is 0.300 e. The van der Waals surface area contributed by atoms with E-state index in [1.165, 1.54) is 12.1 Å². The number of pyridine rings is 1. The Hall–Kier alpha value is -2.96. The number of nitro benzene ring substituents is 1. The molecule has 0 aliphatic rings. The molecule has 1 heterocycles. The fourth-order valence-electron chi connectivity index (χ4n) is 1.42. The van der Waals surface area contributed by atoms with Crippen molar-refractivity contribution in [3.8, 4) is 0 Å². The smallest absolute Gasteiger partial charge is 0.269 e. The summed E-state index contributed by atoms with van der Waals surface area (Å²) in [6.45, 7) is 0. The van der Waals surface area contributed by atoms with E-state index in [2.05, 4.69) is 15.8 Å². The molecule has 2 aromatic rings. The van der Waals surface area contributed by atoms with Gasteiger partial charge in [0.05, 0.1) is 16.2 Å². The van der Waals surface area contributed by atoms with E-state index in [4.69, 9.17) is 0 Å². The highest BCUT2D eigenvalue weighted by Crippen LogP contribution is 2.16. The van der Waals surface area contributed by atoms with E-state index in [9.17, 15) is 14.9 Å². The van der Waals surface area contributed by atoms with Crippen molar-refractivity contribution in [2.45, 2.75) is 0 Å². The topological polar surface area (TPSA) is 97.2 Å². The van der Waals surface area contributed by atoms with Crippen LogP contribution in [0.1, 0.15) is 10.4 Å². The number of hydrogen-bond donors (Lipinski definition) is 2. The van der Waals surface area contributed by atoms with Gasteiger partial charge in [-0.3, -0.25) is 25.8 Å². The van der Waals surface area contributed by atoms with Crippen LogP contribution in [-0.4, -0.2) is 16.2 Å². The van der Waals surface area contributed by atoms with Crippen LogP contribution in [0.15, 0.2) is 42.6 Å². The predicted molar refractivity (Wildman–Crippen MR) is 70.0 cm³/mol. The van der Waals surface area contributed by atoms with E-state index in [0.29, 0.717) is 23.4 Å². The summed E-state index contributed by atoms with van der Waals surface area (Å²) in [5, 5.41) is 10.5. The molecule has 1 aromatic heterocycles. The number of benzene rings is 1. The number of rotatable bonds is 5. The summed E-state index contributed by atoms with van der Waals surface area (Å²) >= 11 is 0. The van der Waals surface area contributed by atoms with Crippen LogP contribution in [-0.2, 0) is 0 Å². The number of anilines is 2. The van der Waals surface area contributed by atoms with Crippen LogP contribution >= 0.6 is 0 Å². The zero-order valence-corrected chi connectivity index (χ0v) is 9.74. The van der Waals surface area contributed by atoms with E-state index in [0.717, 1.165) is 0 Å². The SMILES string of the molecule is O=Cc1cccnc1NNc1ccc([N+](=O)[O-])cc1. The molecule has 96 valence electrons. The molecule has 2 N–H and O–H groups in total. The maximum Gasteiger partial charge on any atom is 0.269 e. The Kier molecular flexibility index (Phi) is 3.67. The van der Waals surface area contributed by atoms with Crippen LogP contribution in [0.3, 0.4) is 0 Å². The second-order valence-electron chi connectivity index (χ2n) is 3.61. The van der Waals surface area contributed by atoms with Gasteiger partial charge >= 0.3 is 0 Å². The third-order valence-corrected chi connectivity index (χ3v) is 2.37. The van der Waals surface area contributed by atoms with Crippen molar-refractivity contribution in [2.24, 2.45) is 0 Å². The lowest BCUT2D eigenvalue weighted by molar-refractivity contribution is -0.384. The molecule has 0 unspecified atom stereocenters. The maximum atomic E-state index is 10.8. The first-order valence-electron chi connectivity index (χ1n) is 5.37. The third-order valence-electron chi connectivity index (χ3n) is 2.37. The standard InChI is InChI=1S/C12H10N4O3/c17-8-9-2-1-7-13-12(9)15-14-10-3-5-11(6-4-10)16(18)19/h1-8,14H,(H,13,15). The molecule has 19 heavy (non-hydrogen) atoms. The zero-order valence-electron chi connectivity index (χ0n) is 9.74. The number of hydrazine groups is 1. The minimum atomic E-state index is -0.472. The third kappa shape index (κ3) is 3.03. The Bertz CT molecular complexity index is 598. The van der Waals surface area contributed by atoms with Crippen molar-refractivity contribution in [3.05, 3.63) is 58.3 Å².